The maximum Gasteiger partial charge on any atom is 0.224 e. The summed E-state index contributed by atoms with van der Waals surface area (Å²) in [4.78, 5) is 28.9. The van der Waals surface area contributed by atoms with Gasteiger partial charge in [0, 0.05) is 37.5 Å². The van der Waals surface area contributed by atoms with E-state index in [1.807, 2.05) is 24.0 Å². The Morgan fingerprint density at radius 3 is 3.00 bits per heavy atom. The number of carbonyl (C=O) groups is 2. The summed E-state index contributed by atoms with van der Waals surface area (Å²) < 4.78 is 0. The molecule has 0 N–H and O–H groups in total. The molecule has 2 rings (SSSR count). The van der Waals surface area contributed by atoms with E-state index in [-0.39, 0.29) is 22.3 Å². The van der Waals surface area contributed by atoms with E-state index in [0.29, 0.717) is 13.0 Å². The molecule has 2 unspecified atom stereocenters. The molecule has 1 aromatic heterocycles. The van der Waals surface area contributed by atoms with Crippen molar-refractivity contribution < 1.29 is 9.59 Å². The Balaban J connectivity index is 2.06. The number of likely N-dealkylation sites (tertiary alicyclic amines) is 1. The van der Waals surface area contributed by atoms with E-state index >= 15 is 0 Å². The number of thioether (sulfide) groups is 1. The molecule has 4 nitrogen and oxygen atoms in total. The molecule has 18 heavy (non-hydrogen) atoms. The van der Waals surface area contributed by atoms with Gasteiger partial charge in [-0.15, -0.1) is 0 Å². The Morgan fingerprint density at radius 1 is 1.61 bits per heavy atom. The Labute approximate surface area is 111 Å². The molecule has 1 aliphatic rings. The van der Waals surface area contributed by atoms with E-state index in [0.717, 1.165) is 5.56 Å². The number of hydrogen-bond acceptors (Lipinski definition) is 4. The third-order valence-corrected chi connectivity index (χ3v) is 4.07. The van der Waals surface area contributed by atoms with Crippen LogP contribution in [-0.2, 0) is 9.59 Å². The Bertz CT molecular complexity index is 450. The van der Waals surface area contributed by atoms with E-state index in [1.165, 1.54) is 11.8 Å². The van der Waals surface area contributed by atoms with Gasteiger partial charge in [0.15, 0.2) is 5.12 Å². The summed E-state index contributed by atoms with van der Waals surface area (Å²) in [6, 6.07) is 3.86. The van der Waals surface area contributed by atoms with Crippen molar-refractivity contribution in [2.45, 2.75) is 31.6 Å². The van der Waals surface area contributed by atoms with Gasteiger partial charge in [-0.1, -0.05) is 17.8 Å². The Kier molecular flexibility index (Phi) is 4.01. The maximum absolute atomic E-state index is 12.0. The smallest absolute Gasteiger partial charge is 0.224 e. The molecular weight excluding hydrogens is 248 g/mol. The quantitative estimate of drug-likeness (QED) is 0.838. The average molecular weight is 264 g/mol. The summed E-state index contributed by atoms with van der Waals surface area (Å²) in [6.45, 7) is 4.18. The SMILES string of the molecule is CC(=O)SC1CC(=O)N(C(C)c2cccnc2)C1. The van der Waals surface area contributed by atoms with Gasteiger partial charge < -0.3 is 4.90 Å². The van der Waals surface area contributed by atoms with Gasteiger partial charge in [-0.25, -0.2) is 0 Å². The van der Waals surface area contributed by atoms with Gasteiger partial charge in [0.25, 0.3) is 0 Å². The number of pyridine rings is 1. The first kappa shape index (κ1) is 13.1. The molecule has 1 saturated heterocycles. The lowest BCUT2D eigenvalue weighted by Crippen LogP contribution is -2.28. The minimum Gasteiger partial charge on any atom is -0.335 e. The van der Waals surface area contributed by atoms with E-state index in [9.17, 15) is 9.59 Å². The van der Waals surface area contributed by atoms with Gasteiger partial charge in [0.05, 0.1) is 6.04 Å². The number of rotatable bonds is 3. The summed E-state index contributed by atoms with van der Waals surface area (Å²) in [5.41, 5.74) is 1.03. The highest BCUT2D eigenvalue weighted by Gasteiger charge is 2.34. The number of hydrogen-bond donors (Lipinski definition) is 0. The molecule has 0 radical (unpaired) electrons. The zero-order valence-corrected chi connectivity index (χ0v) is 11.3. The third-order valence-electron chi connectivity index (χ3n) is 3.09. The van der Waals surface area contributed by atoms with Crippen molar-refractivity contribution in [2.24, 2.45) is 0 Å². The van der Waals surface area contributed by atoms with Crippen LogP contribution in [0.15, 0.2) is 24.5 Å². The zero-order valence-electron chi connectivity index (χ0n) is 10.5. The number of aromatic nitrogens is 1. The highest BCUT2D eigenvalue weighted by molar-refractivity contribution is 8.14. The first-order valence-corrected chi connectivity index (χ1v) is 6.82. The van der Waals surface area contributed by atoms with E-state index in [1.54, 1.807) is 19.3 Å². The molecule has 1 amide bonds. The third kappa shape index (κ3) is 2.90. The number of amides is 1. The minimum absolute atomic E-state index is 0.0174. The second-order valence-electron chi connectivity index (χ2n) is 4.44. The predicted octanol–water partition coefficient (Wildman–Crippen LogP) is 2.02. The van der Waals surface area contributed by atoms with Gasteiger partial charge in [0.1, 0.15) is 0 Å². The molecule has 1 fully saturated rings. The van der Waals surface area contributed by atoms with Crippen molar-refractivity contribution in [3.8, 4) is 0 Å². The molecule has 0 aliphatic carbocycles. The van der Waals surface area contributed by atoms with E-state index in [2.05, 4.69) is 4.98 Å². The van der Waals surface area contributed by atoms with Crippen molar-refractivity contribution >= 4 is 22.8 Å². The second kappa shape index (κ2) is 5.52. The molecule has 5 heteroatoms. The van der Waals surface area contributed by atoms with Crippen molar-refractivity contribution in [3.63, 3.8) is 0 Å². The van der Waals surface area contributed by atoms with E-state index in [4.69, 9.17) is 0 Å². The summed E-state index contributed by atoms with van der Waals surface area (Å²) in [7, 11) is 0. The highest BCUT2D eigenvalue weighted by atomic mass is 32.2. The van der Waals surface area contributed by atoms with E-state index < -0.39 is 0 Å². The minimum atomic E-state index is 0.0174. The van der Waals surface area contributed by atoms with Crippen LogP contribution in [0.5, 0.6) is 0 Å². The van der Waals surface area contributed by atoms with Crippen molar-refractivity contribution in [1.29, 1.82) is 0 Å². The van der Waals surface area contributed by atoms with Gasteiger partial charge in [-0.2, -0.15) is 0 Å². The lowest BCUT2D eigenvalue weighted by Gasteiger charge is -2.24. The molecule has 0 bridgehead atoms. The molecule has 1 aromatic rings. The number of nitrogens with zero attached hydrogens (tertiary/aromatic N) is 2. The maximum atomic E-state index is 12.0. The molecule has 2 atom stereocenters. The summed E-state index contributed by atoms with van der Waals surface area (Å²) >= 11 is 1.27. The van der Waals surface area contributed by atoms with Gasteiger partial charge in [-0.05, 0) is 18.6 Å². The molecule has 1 aliphatic heterocycles. The molecule has 0 spiro atoms. The first-order valence-electron chi connectivity index (χ1n) is 5.94. The topological polar surface area (TPSA) is 50.3 Å². The molecular formula is C13H16N2O2S. The van der Waals surface area contributed by atoms with Crippen LogP contribution in [0.2, 0.25) is 0 Å². The van der Waals surface area contributed by atoms with Crippen LogP contribution >= 0.6 is 11.8 Å². The largest absolute Gasteiger partial charge is 0.335 e. The van der Waals surface area contributed by atoms with Crippen LogP contribution in [0, 0.1) is 0 Å². The summed E-state index contributed by atoms with van der Waals surface area (Å²) in [5.74, 6) is 0.116. The highest BCUT2D eigenvalue weighted by Crippen LogP contribution is 2.30. The first-order chi connectivity index (χ1) is 8.58. The predicted molar refractivity (Wildman–Crippen MR) is 71.0 cm³/mol. The standard InChI is InChI=1S/C13H16N2O2S/c1-9(11-4-3-5-14-7-11)15-8-12(6-13(15)17)18-10(2)16/h3-5,7,9,12H,6,8H2,1-2H3. The Hall–Kier alpha value is -1.36. The van der Waals surface area contributed by atoms with Crippen LogP contribution < -0.4 is 0 Å². The lowest BCUT2D eigenvalue weighted by molar-refractivity contribution is -0.129. The monoisotopic (exact) mass is 264 g/mol. The second-order valence-corrected chi connectivity index (χ2v) is 5.92. The fraction of sp³-hybridized carbons (Fsp3) is 0.462. The normalized spacial score (nSPS) is 21.1. The Morgan fingerprint density at radius 2 is 2.39 bits per heavy atom. The van der Waals surface area contributed by atoms with Crippen LogP contribution in [0.25, 0.3) is 0 Å². The van der Waals surface area contributed by atoms with Crippen LogP contribution in [-0.4, -0.2) is 32.7 Å². The van der Waals surface area contributed by atoms with Gasteiger partial charge >= 0.3 is 0 Å². The average Bonchev–Trinajstić information content (AvgIpc) is 2.69. The molecule has 96 valence electrons. The summed E-state index contributed by atoms with van der Waals surface area (Å²) in [6.07, 6.45) is 3.95. The fourth-order valence-electron chi connectivity index (χ4n) is 2.19. The zero-order chi connectivity index (χ0) is 13.1. The lowest BCUT2D eigenvalue weighted by atomic mass is 10.1. The van der Waals surface area contributed by atoms with Crippen LogP contribution in [0.4, 0.5) is 0 Å². The van der Waals surface area contributed by atoms with Crippen LogP contribution in [0.1, 0.15) is 31.9 Å². The molecule has 0 saturated carbocycles. The fourth-order valence-corrected chi connectivity index (χ4v) is 3.12. The van der Waals surface area contributed by atoms with Crippen molar-refractivity contribution in [1.82, 2.24) is 9.88 Å². The molecule has 0 aromatic carbocycles. The van der Waals surface area contributed by atoms with Crippen molar-refractivity contribution in [3.05, 3.63) is 30.1 Å². The van der Waals surface area contributed by atoms with Crippen molar-refractivity contribution in [2.75, 3.05) is 6.54 Å². The summed E-state index contributed by atoms with van der Waals surface area (Å²) in [5, 5.41) is 0.165. The van der Waals surface area contributed by atoms with Gasteiger partial charge in [0.2, 0.25) is 5.91 Å². The van der Waals surface area contributed by atoms with Crippen LogP contribution in [0.3, 0.4) is 0 Å². The van der Waals surface area contributed by atoms with Gasteiger partial charge in [-0.3, -0.25) is 14.6 Å². The molecule has 2 heterocycles. The number of carbonyl (C=O) groups excluding carboxylic acids is 2.